The van der Waals surface area contributed by atoms with Crippen LogP contribution in [0, 0.1) is 0 Å². The van der Waals surface area contributed by atoms with Gasteiger partial charge in [0.2, 0.25) is 0 Å². The topological polar surface area (TPSA) is 57.4 Å². The Labute approximate surface area is 129 Å². The van der Waals surface area contributed by atoms with Crippen molar-refractivity contribution in [3.63, 3.8) is 0 Å². The van der Waals surface area contributed by atoms with Crippen LogP contribution in [0.1, 0.15) is 17.2 Å². The van der Waals surface area contributed by atoms with Gasteiger partial charge in [-0.3, -0.25) is 4.98 Å². The highest BCUT2D eigenvalue weighted by molar-refractivity contribution is 6.33. The summed E-state index contributed by atoms with van der Waals surface area (Å²) in [6, 6.07) is 9.62. The molecule has 1 heterocycles. The van der Waals surface area contributed by atoms with Gasteiger partial charge in [0.05, 0.1) is 19.2 Å². The lowest BCUT2D eigenvalue weighted by Crippen LogP contribution is -2.16. The first-order valence-electron chi connectivity index (χ1n) is 6.71. The third kappa shape index (κ3) is 3.46. The molecule has 0 fully saturated rings. The predicted molar refractivity (Wildman–Crippen MR) is 84.3 cm³/mol. The normalized spacial score (nSPS) is 12.0. The maximum absolute atomic E-state index is 6.42. The fourth-order valence-corrected chi connectivity index (χ4v) is 2.59. The summed E-state index contributed by atoms with van der Waals surface area (Å²) in [5.41, 5.74) is 7.82. The Morgan fingerprint density at radius 2 is 2.00 bits per heavy atom. The van der Waals surface area contributed by atoms with Crippen LogP contribution in [0.2, 0.25) is 5.02 Å². The number of methoxy groups -OCH3 is 2. The first-order chi connectivity index (χ1) is 10.2. The summed E-state index contributed by atoms with van der Waals surface area (Å²) in [5.74, 6) is 1.28. The van der Waals surface area contributed by atoms with Crippen molar-refractivity contribution in [1.82, 2.24) is 4.98 Å². The molecular formula is C16H19ClN2O2. The molecule has 0 aliphatic heterocycles. The molecule has 1 atom stereocenters. The zero-order chi connectivity index (χ0) is 15.2. The van der Waals surface area contributed by atoms with E-state index in [9.17, 15) is 0 Å². The van der Waals surface area contributed by atoms with Crippen molar-refractivity contribution >= 4 is 11.6 Å². The quantitative estimate of drug-likeness (QED) is 0.891. The van der Waals surface area contributed by atoms with Crippen LogP contribution in [0.5, 0.6) is 11.5 Å². The van der Waals surface area contributed by atoms with Gasteiger partial charge in [0.25, 0.3) is 0 Å². The molecule has 5 heteroatoms. The van der Waals surface area contributed by atoms with E-state index in [1.807, 2.05) is 30.3 Å². The molecule has 0 saturated carbocycles. The van der Waals surface area contributed by atoms with Crippen LogP contribution in [0.15, 0.2) is 36.5 Å². The number of hydrogen-bond acceptors (Lipinski definition) is 4. The van der Waals surface area contributed by atoms with E-state index in [1.54, 1.807) is 20.4 Å². The van der Waals surface area contributed by atoms with Crippen LogP contribution in [0.4, 0.5) is 0 Å². The van der Waals surface area contributed by atoms with Crippen molar-refractivity contribution in [3.8, 4) is 11.5 Å². The van der Waals surface area contributed by atoms with Crippen molar-refractivity contribution in [3.05, 3.63) is 52.8 Å². The maximum Gasteiger partial charge on any atom is 0.179 e. The van der Waals surface area contributed by atoms with Crippen LogP contribution in [0.3, 0.4) is 0 Å². The Morgan fingerprint density at radius 1 is 1.19 bits per heavy atom. The van der Waals surface area contributed by atoms with Crippen molar-refractivity contribution in [1.29, 1.82) is 0 Å². The van der Waals surface area contributed by atoms with Gasteiger partial charge in [-0.1, -0.05) is 23.7 Å². The molecule has 0 aliphatic carbocycles. The van der Waals surface area contributed by atoms with E-state index in [2.05, 4.69) is 4.98 Å². The highest BCUT2D eigenvalue weighted by Crippen LogP contribution is 2.38. The Kier molecular flexibility index (Phi) is 5.42. The van der Waals surface area contributed by atoms with Gasteiger partial charge >= 0.3 is 0 Å². The second kappa shape index (κ2) is 7.29. The van der Waals surface area contributed by atoms with Gasteiger partial charge in [0.1, 0.15) is 0 Å². The molecule has 112 valence electrons. The Balaban J connectivity index is 2.30. The Hall–Kier alpha value is -1.78. The second-order valence-electron chi connectivity index (χ2n) is 4.67. The van der Waals surface area contributed by atoms with Gasteiger partial charge in [-0.15, -0.1) is 0 Å². The van der Waals surface area contributed by atoms with E-state index in [4.69, 9.17) is 26.8 Å². The molecule has 0 saturated heterocycles. The van der Waals surface area contributed by atoms with Gasteiger partial charge in [-0.2, -0.15) is 0 Å². The summed E-state index contributed by atoms with van der Waals surface area (Å²) in [7, 11) is 3.16. The standard InChI is InChI=1S/C16H19ClN2O2/c1-20-14-7-6-11(15(17)16(14)21-2)9-12(10-18)13-5-3-4-8-19-13/h3-8,12H,9-10,18H2,1-2H3. The summed E-state index contributed by atoms with van der Waals surface area (Å²) >= 11 is 6.42. The number of nitrogens with zero attached hydrogens (tertiary/aromatic N) is 1. The van der Waals surface area contributed by atoms with Gasteiger partial charge in [0.15, 0.2) is 11.5 Å². The molecule has 0 amide bonds. The van der Waals surface area contributed by atoms with Crippen molar-refractivity contribution < 1.29 is 9.47 Å². The summed E-state index contributed by atoms with van der Waals surface area (Å²) in [6.45, 7) is 0.502. The molecule has 1 aromatic carbocycles. The highest BCUT2D eigenvalue weighted by atomic mass is 35.5. The summed E-state index contributed by atoms with van der Waals surface area (Å²) in [6.07, 6.45) is 2.47. The van der Waals surface area contributed by atoms with E-state index in [0.717, 1.165) is 11.3 Å². The number of hydrogen-bond donors (Lipinski definition) is 1. The minimum Gasteiger partial charge on any atom is -0.493 e. The SMILES string of the molecule is COc1ccc(CC(CN)c2ccccn2)c(Cl)c1OC. The number of pyridine rings is 1. The molecule has 0 aliphatic rings. The molecule has 4 nitrogen and oxygen atoms in total. The minimum absolute atomic E-state index is 0.113. The smallest absolute Gasteiger partial charge is 0.179 e. The number of benzene rings is 1. The van der Waals surface area contributed by atoms with Crippen molar-refractivity contribution in [2.75, 3.05) is 20.8 Å². The molecule has 1 unspecified atom stereocenters. The molecule has 2 aromatic rings. The molecule has 0 bridgehead atoms. The molecular weight excluding hydrogens is 288 g/mol. The van der Waals surface area contributed by atoms with E-state index in [-0.39, 0.29) is 5.92 Å². The van der Waals surface area contributed by atoms with Gasteiger partial charge in [-0.25, -0.2) is 0 Å². The molecule has 0 radical (unpaired) electrons. The number of aromatic nitrogens is 1. The average Bonchev–Trinajstić information content (AvgIpc) is 2.54. The molecule has 21 heavy (non-hydrogen) atoms. The lowest BCUT2D eigenvalue weighted by atomic mass is 9.95. The first kappa shape index (κ1) is 15.6. The third-order valence-corrected chi connectivity index (χ3v) is 3.84. The highest BCUT2D eigenvalue weighted by Gasteiger charge is 2.18. The van der Waals surface area contributed by atoms with Gasteiger partial charge in [0, 0.05) is 24.4 Å². The second-order valence-corrected chi connectivity index (χ2v) is 5.04. The van der Waals surface area contributed by atoms with Crippen molar-refractivity contribution in [2.45, 2.75) is 12.3 Å². The van der Waals surface area contributed by atoms with Gasteiger partial charge < -0.3 is 15.2 Å². The van der Waals surface area contributed by atoms with Crippen LogP contribution in [0.25, 0.3) is 0 Å². The first-order valence-corrected chi connectivity index (χ1v) is 7.09. The van der Waals surface area contributed by atoms with Crippen LogP contribution in [-0.2, 0) is 6.42 Å². The molecule has 1 aromatic heterocycles. The van der Waals surface area contributed by atoms with Crippen LogP contribution >= 0.6 is 11.6 Å². The zero-order valence-electron chi connectivity index (χ0n) is 12.2. The van der Waals surface area contributed by atoms with E-state index >= 15 is 0 Å². The average molecular weight is 307 g/mol. The van der Waals surface area contributed by atoms with E-state index in [1.165, 1.54) is 0 Å². The summed E-state index contributed by atoms with van der Waals surface area (Å²) < 4.78 is 10.6. The van der Waals surface area contributed by atoms with E-state index in [0.29, 0.717) is 29.5 Å². The van der Waals surface area contributed by atoms with Crippen LogP contribution in [-0.4, -0.2) is 25.7 Å². The largest absolute Gasteiger partial charge is 0.493 e. The molecule has 0 spiro atoms. The lowest BCUT2D eigenvalue weighted by Gasteiger charge is -2.17. The molecule has 2 N–H and O–H groups in total. The van der Waals surface area contributed by atoms with Gasteiger partial charge in [-0.05, 0) is 30.2 Å². The number of halogens is 1. The fourth-order valence-electron chi connectivity index (χ4n) is 2.28. The molecule has 2 rings (SSSR count). The monoisotopic (exact) mass is 306 g/mol. The number of rotatable bonds is 6. The number of nitrogens with two attached hydrogens (primary N) is 1. The zero-order valence-corrected chi connectivity index (χ0v) is 12.9. The number of ether oxygens (including phenoxy) is 2. The Morgan fingerprint density at radius 3 is 2.57 bits per heavy atom. The van der Waals surface area contributed by atoms with E-state index < -0.39 is 0 Å². The Bertz CT molecular complexity index is 590. The fraction of sp³-hybridized carbons (Fsp3) is 0.312. The van der Waals surface area contributed by atoms with Crippen molar-refractivity contribution in [2.24, 2.45) is 5.73 Å². The maximum atomic E-state index is 6.42. The van der Waals surface area contributed by atoms with Crippen LogP contribution < -0.4 is 15.2 Å². The third-order valence-electron chi connectivity index (χ3n) is 3.42. The minimum atomic E-state index is 0.113. The summed E-state index contributed by atoms with van der Waals surface area (Å²) in [5, 5.41) is 0.561. The summed E-state index contributed by atoms with van der Waals surface area (Å²) in [4.78, 5) is 4.37. The predicted octanol–water partition coefficient (Wildman–Crippen LogP) is 3.04. The lowest BCUT2D eigenvalue weighted by molar-refractivity contribution is 0.354.